The minimum absolute atomic E-state index is 0.297. The summed E-state index contributed by atoms with van der Waals surface area (Å²) in [7, 11) is 0. The van der Waals surface area contributed by atoms with Gasteiger partial charge in [0.1, 0.15) is 11.2 Å². The standard InChI is InChI=1S/C22H33NO4/c1-16(19(24)26-21(2,3)4)13-14-18(15-17-11-9-8-10-12-17)23-20(25)27-22(5,6)7/h8-14,16,18H,15H2,1-7H3,(H,23,25)/b14-13+/t16-,18+/m0/s1. The largest absolute Gasteiger partial charge is 0.460 e. The molecule has 0 aliphatic carbocycles. The molecule has 1 aromatic carbocycles. The Bertz CT molecular complexity index is 639. The number of ether oxygens (including phenoxy) is 2. The first-order valence-corrected chi connectivity index (χ1v) is 9.30. The van der Waals surface area contributed by atoms with Crippen LogP contribution in [0.3, 0.4) is 0 Å². The SMILES string of the molecule is C[C@@H](/C=C/[C@H](Cc1ccccc1)NC(=O)OC(C)(C)C)C(=O)OC(C)(C)C. The summed E-state index contributed by atoms with van der Waals surface area (Å²) in [6, 6.07) is 9.54. The van der Waals surface area contributed by atoms with Gasteiger partial charge >= 0.3 is 12.1 Å². The van der Waals surface area contributed by atoms with Gasteiger partial charge in [0.05, 0.1) is 12.0 Å². The van der Waals surface area contributed by atoms with Crippen LogP contribution in [0.25, 0.3) is 0 Å². The number of hydrogen-bond acceptors (Lipinski definition) is 4. The summed E-state index contributed by atoms with van der Waals surface area (Å²) in [5.74, 6) is -0.711. The molecule has 0 fully saturated rings. The minimum atomic E-state index is -0.575. The van der Waals surface area contributed by atoms with Crippen LogP contribution in [0.2, 0.25) is 0 Å². The Labute approximate surface area is 163 Å². The van der Waals surface area contributed by atoms with E-state index in [9.17, 15) is 9.59 Å². The highest BCUT2D eigenvalue weighted by molar-refractivity contribution is 5.74. The van der Waals surface area contributed by atoms with Crippen molar-refractivity contribution in [1.29, 1.82) is 0 Å². The van der Waals surface area contributed by atoms with Crippen LogP contribution in [0.4, 0.5) is 4.79 Å². The Morgan fingerprint density at radius 3 is 2.04 bits per heavy atom. The van der Waals surface area contributed by atoms with E-state index in [4.69, 9.17) is 9.47 Å². The van der Waals surface area contributed by atoms with Gasteiger partial charge in [0.15, 0.2) is 0 Å². The van der Waals surface area contributed by atoms with E-state index >= 15 is 0 Å². The van der Waals surface area contributed by atoms with Gasteiger partial charge in [-0.25, -0.2) is 4.79 Å². The fourth-order valence-corrected chi connectivity index (χ4v) is 2.27. The first kappa shape index (κ1) is 22.7. The molecule has 1 N–H and O–H groups in total. The van der Waals surface area contributed by atoms with Gasteiger partial charge in [-0.3, -0.25) is 4.79 Å². The lowest BCUT2D eigenvalue weighted by atomic mass is 10.0. The maximum Gasteiger partial charge on any atom is 0.408 e. The van der Waals surface area contributed by atoms with Crippen molar-refractivity contribution in [2.75, 3.05) is 0 Å². The average Bonchev–Trinajstić information content (AvgIpc) is 2.49. The first-order chi connectivity index (χ1) is 12.4. The third-order valence-corrected chi connectivity index (χ3v) is 3.41. The van der Waals surface area contributed by atoms with Crippen LogP contribution in [0.5, 0.6) is 0 Å². The molecule has 0 aliphatic rings. The Kier molecular flexibility index (Phi) is 8.07. The van der Waals surface area contributed by atoms with E-state index in [1.54, 1.807) is 13.0 Å². The van der Waals surface area contributed by atoms with Crippen molar-refractivity contribution in [3.8, 4) is 0 Å². The second-order valence-corrected chi connectivity index (χ2v) is 8.65. The minimum Gasteiger partial charge on any atom is -0.460 e. The summed E-state index contributed by atoms with van der Waals surface area (Å²) >= 11 is 0. The number of nitrogens with one attached hydrogen (secondary N) is 1. The molecule has 0 spiro atoms. The van der Waals surface area contributed by atoms with Gasteiger partial charge in [-0.2, -0.15) is 0 Å². The molecular formula is C22H33NO4. The second kappa shape index (κ2) is 9.58. The molecule has 2 atom stereocenters. The lowest BCUT2D eigenvalue weighted by Crippen LogP contribution is -2.39. The number of alkyl carbamates (subject to hydrolysis) is 1. The summed E-state index contributed by atoms with van der Waals surface area (Å²) in [6.07, 6.45) is 3.69. The van der Waals surface area contributed by atoms with Crippen molar-refractivity contribution in [1.82, 2.24) is 5.32 Å². The molecule has 0 aliphatic heterocycles. The van der Waals surface area contributed by atoms with Crippen LogP contribution in [0, 0.1) is 5.92 Å². The van der Waals surface area contributed by atoms with Gasteiger partial charge in [-0.05, 0) is 60.5 Å². The third-order valence-electron chi connectivity index (χ3n) is 3.41. The predicted molar refractivity (Wildman–Crippen MR) is 107 cm³/mol. The van der Waals surface area contributed by atoms with Crippen LogP contribution in [-0.2, 0) is 20.7 Å². The molecule has 0 bridgehead atoms. The lowest BCUT2D eigenvalue weighted by molar-refractivity contribution is -0.157. The molecule has 5 heteroatoms. The average molecular weight is 376 g/mol. The summed E-state index contributed by atoms with van der Waals surface area (Å²) in [6.45, 7) is 12.7. The Morgan fingerprint density at radius 1 is 0.963 bits per heavy atom. The zero-order valence-corrected chi connectivity index (χ0v) is 17.5. The van der Waals surface area contributed by atoms with E-state index < -0.39 is 23.2 Å². The Morgan fingerprint density at radius 2 is 1.52 bits per heavy atom. The molecule has 150 valence electrons. The number of benzene rings is 1. The molecule has 0 radical (unpaired) electrons. The maximum absolute atomic E-state index is 12.2. The highest BCUT2D eigenvalue weighted by Crippen LogP contribution is 2.13. The second-order valence-electron chi connectivity index (χ2n) is 8.65. The molecule has 1 amide bonds. The molecule has 0 aromatic heterocycles. The predicted octanol–water partition coefficient (Wildman–Crippen LogP) is 4.66. The van der Waals surface area contributed by atoms with Gasteiger partial charge in [-0.15, -0.1) is 0 Å². The number of hydrogen-bond donors (Lipinski definition) is 1. The number of carbonyl (C=O) groups is 2. The topological polar surface area (TPSA) is 64.6 Å². The Balaban J connectivity index is 2.83. The van der Waals surface area contributed by atoms with Crippen molar-refractivity contribution >= 4 is 12.1 Å². The summed E-state index contributed by atoms with van der Waals surface area (Å²) in [5.41, 5.74) is -0.0279. The molecule has 0 unspecified atom stereocenters. The Hall–Kier alpha value is -2.30. The highest BCUT2D eigenvalue weighted by Gasteiger charge is 2.21. The van der Waals surface area contributed by atoms with Crippen LogP contribution in [-0.4, -0.2) is 29.3 Å². The summed E-state index contributed by atoms with van der Waals surface area (Å²) in [5, 5.41) is 2.86. The quantitative estimate of drug-likeness (QED) is 0.580. The zero-order chi connectivity index (χ0) is 20.7. The fraction of sp³-hybridized carbons (Fsp3) is 0.545. The molecule has 27 heavy (non-hydrogen) atoms. The third kappa shape index (κ3) is 10.4. The molecule has 0 saturated carbocycles. The van der Waals surface area contributed by atoms with E-state index in [2.05, 4.69) is 5.32 Å². The smallest absolute Gasteiger partial charge is 0.408 e. The monoisotopic (exact) mass is 375 g/mol. The summed E-state index contributed by atoms with van der Waals surface area (Å²) < 4.78 is 10.7. The molecule has 0 saturated heterocycles. The molecule has 0 heterocycles. The van der Waals surface area contributed by atoms with Gasteiger partial charge in [-0.1, -0.05) is 42.5 Å². The van der Waals surface area contributed by atoms with Crippen LogP contribution in [0.1, 0.15) is 54.0 Å². The van der Waals surface area contributed by atoms with E-state index in [0.717, 1.165) is 5.56 Å². The molecular weight excluding hydrogens is 342 g/mol. The van der Waals surface area contributed by atoms with Crippen molar-refractivity contribution in [2.24, 2.45) is 5.92 Å². The number of carbonyl (C=O) groups excluding carboxylic acids is 2. The lowest BCUT2D eigenvalue weighted by Gasteiger charge is -2.23. The van der Waals surface area contributed by atoms with Gasteiger partial charge < -0.3 is 14.8 Å². The van der Waals surface area contributed by atoms with E-state index in [1.807, 2.05) is 78.0 Å². The van der Waals surface area contributed by atoms with Crippen molar-refractivity contribution in [3.05, 3.63) is 48.0 Å². The summed E-state index contributed by atoms with van der Waals surface area (Å²) in [4.78, 5) is 24.3. The van der Waals surface area contributed by atoms with Crippen LogP contribution in [0.15, 0.2) is 42.5 Å². The van der Waals surface area contributed by atoms with Crippen LogP contribution < -0.4 is 5.32 Å². The van der Waals surface area contributed by atoms with Gasteiger partial charge in [0.25, 0.3) is 0 Å². The van der Waals surface area contributed by atoms with Crippen molar-refractivity contribution in [2.45, 2.75) is 72.1 Å². The fourth-order valence-electron chi connectivity index (χ4n) is 2.27. The number of rotatable bonds is 6. The molecule has 1 rings (SSSR count). The number of amides is 1. The van der Waals surface area contributed by atoms with Gasteiger partial charge in [0.2, 0.25) is 0 Å². The molecule has 1 aromatic rings. The number of esters is 1. The van der Waals surface area contributed by atoms with E-state index in [-0.39, 0.29) is 12.0 Å². The first-order valence-electron chi connectivity index (χ1n) is 9.30. The van der Waals surface area contributed by atoms with E-state index in [1.165, 1.54) is 0 Å². The highest BCUT2D eigenvalue weighted by atomic mass is 16.6. The zero-order valence-electron chi connectivity index (χ0n) is 17.5. The van der Waals surface area contributed by atoms with Gasteiger partial charge in [0, 0.05) is 0 Å². The van der Waals surface area contributed by atoms with Crippen LogP contribution >= 0.6 is 0 Å². The van der Waals surface area contributed by atoms with Crippen molar-refractivity contribution < 1.29 is 19.1 Å². The molecule has 5 nitrogen and oxygen atoms in total. The normalized spacial score (nSPS) is 14.5. The van der Waals surface area contributed by atoms with E-state index in [0.29, 0.717) is 6.42 Å². The van der Waals surface area contributed by atoms with Crippen molar-refractivity contribution in [3.63, 3.8) is 0 Å². The maximum atomic E-state index is 12.2.